The lowest BCUT2D eigenvalue weighted by atomic mass is 10.2. The lowest BCUT2D eigenvalue weighted by Gasteiger charge is -2.18. The normalized spacial score (nSPS) is 15.3. The van der Waals surface area contributed by atoms with Gasteiger partial charge in [0, 0.05) is 6.07 Å². The number of anilines is 1. The third kappa shape index (κ3) is 4.51. The fourth-order valence-electron chi connectivity index (χ4n) is 2.57. The molecular weight excluding hydrogens is 386 g/mol. The molecule has 2 aromatic carbocycles. The van der Waals surface area contributed by atoms with Gasteiger partial charge in [0.25, 0.3) is 5.91 Å². The molecule has 5 nitrogen and oxygen atoms in total. The van der Waals surface area contributed by atoms with Gasteiger partial charge < -0.3 is 9.47 Å². The summed E-state index contributed by atoms with van der Waals surface area (Å²) in [4.78, 5) is 18.6. The molecule has 8 heteroatoms. The molecule has 0 radical (unpaired) electrons. The Morgan fingerprint density at radius 2 is 1.82 bits per heavy atom. The lowest BCUT2D eigenvalue weighted by molar-refractivity contribution is -0.113. The minimum absolute atomic E-state index is 0.171. The van der Waals surface area contributed by atoms with Crippen LogP contribution >= 0.6 is 11.8 Å². The lowest BCUT2D eigenvalue weighted by Crippen LogP contribution is -2.30. The van der Waals surface area contributed by atoms with E-state index >= 15 is 0 Å². The van der Waals surface area contributed by atoms with Gasteiger partial charge in [0.05, 0.1) is 25.7 Å². The van der Waals surface area contributed by atoms with Gasteiger partial charge in [-0.25, -0.2) is 13.8 Å². The highest BCUT2D eigenvalue weighted by molar-refractivity contribution is 8.14. The van der Waals surface area contributed by atoms with Crippen molar-refractivity contribution in [3.63, 3.8) is 0 Å². The van der Waals surface area contributed by atoms with Crippen molar-refractivity contribution in [3.8, 4) is 11.5 Å². The predicted molar refractivity (Wildman–Crippen MR) is 107 cm³/mol. The molecule has 0 aliphatic carbocycles. The fraction of sp³-hybridized carbons (Fsp3) is 0.200. The Morgan fingerprint density at radius 1 is 1.11 bits per heavy atom. The summed E-state index contributed by atoms with van der Waals surface area (Å²) < 4.78 is 35.8. The zero-order valence-electron chi connectivity index (χ0n) is 15.3. The van der Waals surface area contributed by atoms with Crippen molar-refractivity contribution >= 4 is 34.6 Å². The van der Waals surface area contributed by atoms with E-state index in [9.17, 15) is 13.6 Å². The first-order chi connectivity index (χ1) is 13.5. The third-order valence-electron chi connectivity index (χ3n) is 3.90. The maximum absolute atomic E-state index is 13.0. The molecule has 0 fully saturated rings. The van der Waals surface area contributed by atoms with Crippen LogP contribution in [0.1, 0.15) is 5.56 Å². The van der Waals surface area contributed by atoms with Crippen LogP contribution in [0, 0.1) is 0 Å². The maximum atomic E-state index is 13.0. The van der Waals surface area contributed by atoms with Crippen LogP contribution in [0.3, 0.4) is 0 Å². The number of hydrogen-bond acceptors (Lipinski definition) is 5. The number of carbonyl (C=O) groups excluding carboxylic acids is 1. The van der Waals surface area contributed by atoms with E-state index in [0.717, 1.165) is 17.3 Å². The smallest absolute Gasteiger partial charge is 0.283 e. The number of rotatable bonds is 6. The third-order valence-corrected chi connectivity index (χ3v) is 4.85. The average molecular weight is 404 g/mol. The van der Waals surface area contributed by atoms with E-state index in [1.165, 1.54) is 12.0 Å². The van der Waals surface area contributed by atoms with E-state index in [-0.39, 0.29) is 16.8 Å². The Bertz CT molecular complexity index is 914. The van der Waals surface area contributed by atoms with Gasteiger partial charge >= 0.3 is 0 Å². The molecule has 1 aliphatic heterocycles. The molecule has 0 atom stereocenters. The van der Waals surface area contributed by atoms with Crippen LogP contribution in [0.5, 0.6) is 11.5 Å². The first kappa shape index (κ1) is 19.9. The standard InChI is InChI=1S/C20H18F2N2O3S/c1-26-15-8-6-13(7-9-15)10-17-19(25)24(20(23-17)28-12-18(21)22)14-4-3-5-16(11-14)27-2/h3-11,18H,12H2,1-2H3. The largest absolute Gasteiger partial charge is 0.497 e. The molecule has 1 aliphatic rings. The quantitative estimate of drug-likeness (QED) is 0.668. The minimum atomic E-state index is -2.51. The van der Waals surface area contributed by atoms with Crippen LogP contribution < -0.4 is 14.4 Å². The first-order valence-electron chi connectivity index (χ1n) is 8.35. The van der Waals surface area contributed by atoms with E-state index in [4.69, 9.17) is 9.47 Å². The first-order valence-corrected chi connectivity index (χ1v) is 9.34. The number of amides is 1. The molecule has 0 bridgehead atoms. The highest BCUT2D eigenvalue weighted by atomic mass is 32.2. The number of thioether (sulfide) groups is 1. The topological polar surface area (TPSA) is 51.1 Å². The van der Waals surface area contributed by atoms with E-state index in [2.05, 4.69) is 4.99 Å². The Morgan fingerprint density at radius 3 is 2.46 bits per heavy atom. The average Bonchev–Trinajstić information content (AvgIpc) is 3.02. The zero-order valence-corrected chi connectivity index (χ0v) is 16.1. The van der Waals surface area contributed by atoms with Crippen molar-refractivity contribution in [2.24, 2.45) is 4.99 Å². The Kier molecular flexibility index (Phi) is 6.30. The maximum Gasteiger partial charge on any atom is 0.283 e. The van der Waals surface area contributed by atoms with Crippen LogP contribution in [0.15, 0.2) is 59.2 Å². The zero-order chi connectivity index (χ0) is 20.1. The summed E-state index contributed by atoms with van der Waals surface area (Å²) in [7, 11) is 3.08. The number of benzene rings is 2. The second-order valence-electron chi connectivity index (χ2n) is 5.74. The number of halogens is 2. The monoisotopic (exact) mass is 404 g/mol. The number of hydrogen-bond donors (Lipinski definition) is 0. The number of amidine groups is 1. The highest BCUT2D eigenvalue weighted by Gasteiger charge is 2.32. The SMILES string of the molecule is COc1ccc(C=C2N=C(SCC(F)F)N(c3cccc(OC)c3)C2=O)cc1. The summed E-state index contributed by atoms with van der Waals surface area (Å²) in [6, 6.07) is 13.9. The molecule has 0 spiro atoms. The molecule has 0 unspecified atom stereocenters. The minimum Gasteiger partial charge on any atom is -0.497 e. The van der Waals surface area contributed by atoms with Gasteiger partial charge in [-0.2, -0.15) is 0 Å². The van der Waals surface area contributed by atoms with E-state index < -0.39 is 12.2 Å². The van der Waals surface area contributed by atoms with Gasteiger partial charge in [0.15, 0.2) is 5.17 Å². The molecular formula is C20H18F2N2O3S. The Hall–Kier alpha value is -2.87. The van der Waals surface area contributed by atoms with Gasteiger partial charge in [-0.05, 0) is 35.9 Å². The highest BCUT2D eigenvalue weighted by Crippen LogP contribution is 2.32. The van der Waals surface area contributed by atoms with Crippen LogP contribution in [-0.2, 0) is 4.79 Å². The second-order valence-corrected chi connectivity index (χ2v) is 6.73. The van der Waals surface area contributed by atoms with Crippen LogP contribution in [-0.4, -0.2) is 37.5 Å². The summed E-state index contributed by atoms with van der Waals surface area (Å²) in [5.74, 6) is 0.397. The number of alkyl halides is 2. The van der Waals surface area contributed by atoms with Gasteiger partial charge in [-0.3, -0.25) is 9.69 Å². The molecule has 0 N–H and O–H groups in total. The van der Waals surface area contributed by atoms with Crippen molar-refractivity contribution in [3.05, 3.63) is 59.8 Å². The van der Waals surface area contributed by atoms with E-state index in [0.29, 0.717) is 17.2 Å². The molecule has 28 heavy (non-hydrogen) atoms. The number of methoxy groups -OCH3 is 2. The van der Waals surface area contributed by atoms with Crippen molar-refractivity contribution in [2.45, 2.75) is 6.43 Å². The van der Waals surface area contributed by atoms with E-state index in [1.807, 2.05) is 0 Å². The summed E-state index contributed by atoms with van der Waals surface area (Å²) in [5, 5.41) is 0.207. The van der Waals surface area contributed by atoms with Gasteiger partial charge in [0.2, 0.25) is 6.43 Å². The van der Waals surface area contributed by atoms with Crippen molar-refractivity contribution in [1.29, 1.82) is 0 Å². The number of aliphatic imine (C=N–C) groups is 1. The van der Waals surface area contributed by atoms with Gasteiger partial charge in [-0.1, -0.05) is 30.0 Å². The van der Waals surface area contributed by atoms with Crippen LogP contribution in [0.2, 0.25) is 0 Å². The van der Waals surface area contributed by atoms with Gasteiger partial charge in [-0.15, -0.1) is 0 Å². The molecule has 1 heterocycles. The Balaban J connectivity index is 1.95. The van der Waals surface area contributed by atoms with Crippen molar-refractivity contribution < 1.29 is 23.0 Å². The molecule has 1 amide bonds. The summed E-state index contributed by atoms with van der Waals surface area (Å²) >= 11 is 0.836. The summed E-state index contributed by atoms with van der Waals surface area (Å²) in [6.45, 7) is 0. The number of ether oxygens (including phenoxy) is 2. The molecule has 0 saturated heterocycles. The summed E-state index contributed by atoms with van der Waals surface area (Å²) in [5.41, 5.74) is 1.42. The van der Waals surface area contributed by atoms with E-state index in [1.54, 1.807) is 61.7 Å². The molecule has 2 aromatic rings. The second kappa shape index (κ2) is 8.88. The summed E-state index contributed by atoms with van der Waals surface area (Å²) in [6.07, 6.45) is -0.894. The van der Waals surface area contributed by atoms with Crippen LogP contribution in [0.4, 0.5) is 14.5 Å². The van der Waals surface area contributed by atoms with Crippen molar-refractivity contribution in [1.82, 2.24) is 0 Å². The van der Waals surface area contributed by atoms with Gasteiger partial charge in [0.1, 0.15) is 17.2 Å². The Labute approximate surface area is 165 Å². The molecule has 3 rings (SSSR count). The number of nitrogens with zero attached hydrogens (tertiary/aromatic N) is 2. The van der Waals surface area contributed by atoms with Crippen LogP contribution in [0.25, 0.3) is 6.08 Å². The predicted octanol–water partition coefficient (Wildman–Crippen LogP) is 4.45. The van der Waals surface area contributed by atoms with Crippen molar-refractivity contribution in [2.75, 3.05) is 24.9 Å². The molecule has 146 valence electrons. The molecule has 0 saturated carbocycles. The fourth-order valence-corrected chi connectivity index (χ4v) is 3.32. The number of carbonyl (C=O) groups is 1. The molecule has 0 aromatic heterocycles.